The molecular weight excluding hydrogens is 256 g/mol. The van der Waals surface area contributed by atoms with Crippen molar-refractivity contribution in [2.75, 3.05) is 32.7 Å². The summed E-state index contributed by atoms with van der Waals surface area (Å²) < 4.78 is -0.457. The third-order valence-corrected chi connectivity index (χ3v) is 2.82. The van der Waals surface area contributed by atoms with Crippen molar-refractivity contribution < 1.29 is 4.79 Å². The minimum Gasteiger partial charge on any atom is -0.339 e. The van der Waals surface area contributed by atoms with Gasteiger partial charge in [0.15, 0.2) is 0 Å². The van der Waals surface area contributed by atoms with Crippen molar-refractivity contribution in [3.05, 3.63) is 0 Å². The number of hydrogen-bond donors (Lipinski definition) is 0. The van der Waals surface area contributed by atoms with Gasteiger partial charge >= 0.3 is 0 Å². The van der Waals surface area contributed by atoms with E-state index in [2.05, 4.69) is 26.8 Å². The van der Waals surface area contributed by atoms with Crippen molar-refractivity contribution in [2.45, 2.75) is 18.2 Å². The fourth-order valence-corrected chi connectivity index (χ4v) is 1.86. The molecule has 0 bridgehead atoms. The number of carbonyl (C=O) groups is 1. The molecule has 1 aliphatic rings. The first-order valence-electron chi connectivity index (χ1n) is 5.09. The van der Waals surface area contributed by atoms with E-state index in [9.17, 15) is 4.79 Å². The van der Waals surface area contributed by atoms with Gasteiger partial charge in [0.25, 0.3) is 0 Å². The maximum atomic E-state index is 11.9. The van der Waals surface area contributed by atoms with Crippen LogP contribution in [-0.4, -0.2) is 52.8 Å². The van der Waals surface area contributed by atoms with E-state index in [0.29, 0.717) is 6.54 Å². The molecule has 0 unspecified atom stereocenters. The first kappa shape index (κ1) is 12.5. The summed E-state index contributed by atoms with van der Waals surface area (Å²) in [5.74, 6) is 2.78. The summed E-state index contributed by atoms with van der Waals surface area (Å²) in [6, 6.07) is 0. The van der Waals surface area contributed by atoms with E-state index >= 15 is 0 Å². The van der Waals surface area contributed by atoms with Crippen molar-refractivity contribution in [3.63, 3.8) is 0 Å². The quantitative estimate of drug-likeness (QED) is 0.552. The van der Waals surface area contributed by atoms with Crippen molar-refractivity contribution in [1.29, 1.82) is 0 Å². The fraction of sp³-hybridized carbons (Fsp3) is 0.727. The van der Waals surface area contributed by atoms with Gasteiger partial charge in [0.1, 0.15) is 0 Å². The molecule has 1 rings (SSSR count). The number of alkyl halides is 1. The van der Waals surface area contributed by atoms with Crippen LogP contribution in [0.5, 0.6) is 0 Å². The fourth-order valence-electron chi connectivity index (χ4n) is 1.61. The Morgan fingerprint density at radius 1 is 1.40 bits per heavy atom. The Hall–Kier alpha value is -0.530. The highest BCUT2D eigenvalue weighted by molar-refractivity contribution is 9.10. The molecule has 84 valence electrons. The third kappa shape index (κ3) is 3.51. The predicted molar refractivity (Wildman–Crippen MR) is 64.9 cm³/mol. The van der Waals surface area contributed by atoms with Gasteiger partial charge in [-0.05, 0) is 13.8 Å². The number of nitrogens with zero attached hydrogens (tertiary/aromatic N) is 2. The minimum atomic E-state index is -0.457. The molecular formula is C11H17BrN2O. The van der Waals surface area contributed by atoms with Crippen molar-refractivity contribution in [2.24, 2.45) is 0 Å². The maximum Gasteiger partial charge on any atom is 0.238 e. The molecule has 0 N–H and O–H groups in total. The van der Waals surface area contributed by atoms with Gasteiger partial charge in [-0.2, -0.15) is 0 Å². The lowest BCUT2D eigenvalue weighted by Crippen LogP contribution is -2.52. The Morgan fingerprint density at radius 3 is 2.33 bits per heavy atom. The lowest BCUT2D eigenvalue weighted by atomic mass is 10.1. The summed E-state index contributed by atoms with van der Waals surface area (Å²) in [5.41, 5.74) is 0. The van der Waals surface area contributed by atoms with E-state index in [-0.39, 0.29) is 5.91 Å². The van der Waals surface area contributed by atoms with Gasteiger partial charge in [-0.15, -0.1) is 6.42 Å². The zero-order valence-electron chi connectivity index (χ0n) is 9.29. The van der Waals surface area contributed by atoms with Crippen LogP contribution in [0.15, 0.2) is 0 Å². The van der Waals surface area contributed by atoms with Crippen LogP contribution in [0.25, 0.3) is 0 Å². The van der Waals surface area contributed by atoms with Crippen LogP contribution in [0.1, 0.15) is 13.8 Å². The average molecular weight is 273 g/mol. The monoisotopic (exact) mass is 272 g/mol. The summed E-state index contributed by atoms with van der Waals surface area (Å²) in [6.07, 6.45) is 5.24. The van der Waals surface area contributed by atoms with Gasteiger partial charge in [0.2, 0.25) is 5.91 Å². The third-order valence-electron chi connectivity index (χ3n) is 2.48. The van der Waals surface area contributed by atoms with E-state index in [4.69, 9.17) is 6.42 Å². The average Bonchev–Trinajstić information content (AvgIpc) is 2.17. The van der Waals surface area contributed by atoms with E-state index in [1.807, 2.05) is 18.7 Å². The molecule has 0 saturated carbocycles. The zero-order chi connectivity index (χ0) is 11.5. The van der Waals surface area contributed by atoms with Crippen LogP contribution in [0.2, 0.25) is 0 Å². The van der Waals surface area contributed by atoms with Gasteiger partial charge in [-0.1, -0.05) is 21.9 Å². The lowest BCUT2D eigenvalue weighted by molar-refractivity contribution is -0.134. The number of amides is 1. The van der Waals surface area contributed by atoms with E-state index in [0.717, 1.165) is 26.2 Å². The summed E-state index contributed by atoms with van der Waals surface area (Å²) in [4.78, 5) is 16.0. The molecule has 1 fully saturated rings. The normalized spacial score (nSPS) is 18.7. The molecule has 0 aromatic carbocycles. The molecule has 1 amide bonds. The van der Waals surface area contributed by atoms with Crippen LogP contribution in [-0.2, 0) is 4.79 Å². The predicted octanol–water partition coefficient (Wildman–Crippen LogP) is 0.937. The zero-order valence-corrected chi connectivity index (χ0v) is 10.9. The molecule has 1 aliphatic heterocycles. The first-order chi connectivity index (χ1) is 6.95. The Bertz CT molecular complexity index is 269. The summed E-state index contributed by atoms with van der Waals surface area (Å²) in [5, 5.41) is 0. The smallest absolute Gasteiger partial charge is 0.238 e. The van der Waals surface area contributed by atoms with Gasteiger partial charge in [-0.3, -0.25) is 9.69 Å². The Balaban J connectivity index is 2.45. The highest BCUT2D eigenvalue weighted by Gasteiger charge is 2.30. The molecule has 15 heavy (non-hydrogen) atoms. The van der Waals surface area contributed by atoms with Gasteiger partial charge in [-0.25, -0.2) is 0 Å². The Kier molecular flexibility index (Phi) is 4.18. The molecule has 0 aromatic heterocycles. The standard InChI is InChI=1S/C11H17BrN2O/c1-4-5-13-6-8-14(9-7-13)10(15)11(2,3)12/h1H,5-9H2,2-3H3. The number of rotatable bonds is 2. The molecule has 1 heterocycles. The van der Waals surface area contributed by atoms with Gasteiger partial charge in [0.05, 0.1) is 10.9 Å². The summed E-state index contributed by atoms with van der Waals surface area (Å²) in [7, 11) is 0. The number of terminal acetylenes is 1. The lowest BCUT2D eigenvalue weighted by Gasteiger charge is -2.36. The molecule has 4 heteroatoms. The summed E-state index contributed by atoms with van der Waals surface area (Å²) in [6.45, 7) is 7.73. The molecule has 0 radical (unpaired) electrons. The van der Waals surface area contributed by atoms with Crippen molar-refractivity contribution in [3.8, 4) is 12.3 Å². The SMILES string of the molecule is C#CCN1CCN(C(=O)C(C)(C)Br)CC1. The molecule has 0 aliphatic carbocycles. The molecule has 0 atom stereocenters. The second-order valence-electron chi connectivity index (χ2n) is 4.24. The topological polar surface area (TPSA) is 23.6 Å². The number of carbonyl (C=O) groups excluding carboxylic acids is 1. The van der Waals surface area contributed by atoms with Crippen LogP contribution in [0.3, 0.4) is 0 Å². The van der Waals surface area contributed by atoms with Crippen molar-refractivity contribution in [1.82, 2.24) is 9.80 Å². The van der Waals surface area contributed by atoms with E-state index in [1.54, 1.807) is 0 Å². The Morgan fingerprint density at radius 2 is 1.93 bits per heavy atom. The maximum absolute atomic E-state index is 11.9. The first-order valence-corrected chi connectivity index (χ1v) is 5.88. The van der Waals surface area contributed by atoms with E-state index in [1.165, 1.54) is 0 Å². The second-order valence-corrected chi connectivity index (χ2v) is 6.23. The molecule has 3 nitrogen and oxygen atoms in total. The Labute approximate surface area is 99.9 Å². The van der Waals surface area contributed by atoms with Crippen molar-refractivity contribution >= 4 is 21.8 Å². The van der Waals surface area contributed by atoms with Crippen LogP contribution < -0.4 is 0 Å². The molecule has 0 spiro atoms. The highest BCUT2D eigenvalue weighted by atomic mass is 79.9. The van der Waals surface area contributed by atoms with Crippen LogP contribution in [0, 0.1) is 12.3 Å². The largest absolute Gasteiger partial charge is 0.339 e. The number of halogens is 1. The molecule has 1 saturated heterocycles. The van der Waals surface area contributed by atoms with Crippen LogP contribution >= 0.6 is 15.9 Å². The second kappa shape index (κ2) is 5.00. The molecule has 0 aromatic rings. The summed E-state index contributed by atoms with van der Waals surface area (Å²) >= 11 is 3.39. The highest BCUT2D eigenvalue weighted by Crippen LogP contribution is 2.20. The van der Waals surface area contributed by atoms with Crippen LogP contribution in [0.4, 0.5) is 0 Å². The number of piperazine rings is 1. The number of hydrogen-bond acceptors (Lipinski definition) is 2. The van der Waals surface area contributed by atoms with Gasteiger partial charge in [0, 0.05) is 26.2 Å². The van der Waals surface area contributed by atoms with E-state index < -0.39 is 4.32 Å². The van der Waals surface area contributed by atoms with Gasteiger partial charge < -0.3 is 4.90 Å². The minimum absolute atomic E-state index is 0.155.